The molecule has 2 aliphatic heterocycles. The molecule has 7 nitrogen and oxygen atoms in total. The molecule has 0 saturated carbocycles. The highest BCUT2D eigenvalue weighted by Crippen LogP contribution is 2.25. The van der Waals surface area contributed by atoms with Crippen LogP contribution in [0.15, 0.2) is 30.5 Å². The van der Waals surface area contributed by atoms with Crippen molar-refractivity contribution in [2.24, 2.45) is 5.92 Å². The first-order valence-electron chi connectivity index (χ1n) is 9.41. The van der Waals surface area contributed by atoms with Crippen molar-refractivity contribution in [1.29, 1.82) is 0 Å². The van der Waals surface area contributed by atoms with E-state index in [-0.39, 0.29) is 17.7 Å². The maximum Gasteiger partial charge on any atom is 0.228 e. The molecule has 1 unspecified atom stereocenters. The lowest BCUT2D eigenvalue weighted by Gasteiger charge is -2.23. The van der Waals surface area contributed by atoms with Crippen molar-refractivity contribution in [3.8, 4) is 11.3 Å². The van der Waals surface area contributed by atoms with E-state index in [1.54, 1.807) is 0 Å². The number of nitrogens with zero attached hydrogens (tertiary/aromatic N) is 3. The van der Waals surface area contributed by atoms with Gasteiger partial charge in [0.05, 0.1) is 24.4 Å². The Bertz CT molecular complexity index is 837. The first-order valence-corrected chi connectivity index (χ1v) is 9.41. The summed E-state index contributed by atoms with van der Waals surface area (Å²) in [6, 6.07) is 7.76. The van der Waals surface area contributed by atoms with E-state index in [2.05, 4.69) is 14.9 Å². The quantitative estimate of drug-likeness (QED) is 0.898. The lowest BCUT2D eigenvalue weighted by Crippen LogP contribution is -2.38. The Kier molecular flexibility index (Phi) is 4.94. The number of hydrogen-bond donors (Lipinski definition) is 1. The number of nitrogens with one attached hydrogen (secondary N) is 1. The van der Waals surface area contributed by atoms with Crippen LogP contribution in [0, 0.1) is 5.92 Å². The molecule has 2 aromatic rings. The average Bonchev–Trinajstić information content (AvgIpc) is 3.28. The lowest BCUT2D eigenvalue weighted by atomic mass is 10.1. The van der Waals surface area contributed by atoms with Crippen molar-refractivity contribution < 1.29 is 14.3 Å². The van der Waals surface area contributed by atoms with Gasteiger partial charge in [-0.2, -0.15) is 0 Å². The molecule has 1 N–H and O–H groups in total. The van der Waals surface area contributed by atoms with E-state index in [9.17, 15) is 9.59 Å². The summed E-state index contributed by atoms with van der Waals surface area (Å²) >= 11 is 0. The summed E-state index contributed by atoms with van der Waals surface area (Å²) in [6.07, 6.45) is 3.47. The highest BCUT2D eigenvalue weighted by molar-refractivity contribution is 5.88. The van der Waals surface area contributed by atoms with Gasteiger partial charge < -0.3 is 19.5 Å². The maximum absolute atomic E-state index is 12.7. The number of carbonyl (C=O) groups excluding carboxylic acids is 2. The van der Waals surface area contributed by atoms with Gasteiger partial charge in [-0.15, -0.1) is 0 Å². The molecule has 2 aliphatic rings. The lowest BCUT2D eigenvalue weighted by molar-refractivity contribution is -0.135. The molecular formula is C20H24N4O3. The standard InChI is InChI=1S/C20H24N4O3/c1-14(25)22-17-4-2-15(3-5-17)18-12-21-19-6-8-23(9-10-24(18)19)20(26)16-7-11-27-13-16/h2-5,12,16H,6-11,13H2,1H3,(H,22,25). The first-order chi connectivity index (χ1) is 13.1. The third-order valence-electron chi connectivity index (χ3n) is 5.23. The number of benzene rings is 1. The predicted octanol–water partition coefficient (Wildman–Crippen LogP) is 1.93. The summed E-state index contributed by atoms with van der Waals surface area (Å²) in [5.74, 6) is 1.14. The van der Waals surface area contributed by atoms with Crippen molar-refractivity contribution in [3.63, 3.8) is 0 Å². The maximum atomic E-state index is 12.7. The largest absolute Gasteiger partial charge is 0.381 e. The SMILES string of the molecule is CC(=O)Nc1ccc(-c2cnc3n2CCN(C(=O)C2CCOC2)CC3)cc1. The van der Waals surface area contributed by atoms with Gasteiger partial charge >= 0.3 is 0 Å². The van der Waals surface area contributed by atoms with Gasteiger partial charge in [0.15, 0.2) is 0 Å². The average molecular weight is 368 g/mol. The van der Waals surface area contributed by atoms with E-state index in [1.165, 1.54) is 6.92 Å². The summed E-state index contributed by atoms with van der Waals surface area (Å²) in [5, 5.41) is 2.78. The Balaban J connectivity index is 1.49. The van der Waals surface area contributed by atoms with Gasteiger partial charge in [0, 0.05) is 45.3 Å². The predicted molar refractivity (Wildman–Crippen MR) is 101 cm³/mol. The molecule has 3 heterocycles. The molecule has 1 aromatic heterocycles. The summed E-state index contributed by atoms with van der Waals surface area (Å²) in [5.41, 5.74) is 2.86. The fourth-order valence-corrected chi connectivity index (χ4v) is 3.80. The molecule has 1 saturated heterocycles. The molecule has 0 radical (unpaired) electrons. The Hall–Kier alpha value is -2.67. The number of amides is 2. The van der Waals surface area contributed by atoms with Crippen molar-refractivity contribution in [3.05, 3.63) is 36.3 Å². The second-order valence-corrected chi connectivity index (χ2v) is 7.11. The van der Waals surface area contributed by atoms with Crippen LogP contribution in [0.3, 0.4) is 0 Å². The van der Waals surface area contributed by atoms with Gasteiger partial charge in [0.2, 0.25) is 11.8 Å². The molecule has 2 amide bonds. The molecule has 0 spiro atoms. The second-order valence-electron chi connectivity index (χ2n) is 7.11. The number of ether oxygens (including phenoxy) is 1. The third kappa shape index (κ3) is 3.73. The topological polar surface area (TPSA) is 76.5 Å². The number of hydrogen-bond acceptors (Lipinski definition) is 4. The monoisotopic (exact) mass is 368 g/mol. The van der Waals surface area contributed by atoms with Crippen LogP contribution in [0.5, 0.6) is 0 Å². The van der Waals surface area contributed by atoms with Gasteiger partial charge in [-0.3, -0.25) is 9.59 Å². The number of imidazole rings is 1. The van der Waals surface area contributed by atoms with Gasteiger partial charge in [0.1, 0.15) is 5.82 Å². The molecule has 1 aromatic carbocycles. The Morgan fingerprint density at radius 3 is 2.70 bits per heavy atom. The van der Waals surface area contributed by atoms with Crippen LogP contribution in [0.1, 0.15) is 19.2 Å². The smallest absolute Gasteiger partial charge is 0.228 e. The fourth-order valence-electron chi connectivity index (χ4n) is 3.80. The summed E-state index contributed by atoms with van der Waals surface area (Å²) in [4.78, 5) is 30.4. The zero-order valence-electron chi connectivity index (χ0n) is 15.5. The van der Waals surface area contributed by atoms with E-state index in [0.29, 0.717) is 26.3 Å². The zero-order valence-corrected chi connectivity index (χ0v) is 15.5. The highest BCUT2D eigenvalue weighted by Gasteiger charge is 2.29. The first kappa shape index (κ1) is 17.7. The van der Waals surface area contributed by atoms with Crippen molar-refractivity contribution >= 4 is 17.5 Å². The Labute approximate surface area is 158 Å². The fraction of sp³-hybridized carbons (Fsp3) is 0.450. The van der Waals surface area contributed by atoms with Crippen molar-refractivity contribution in [1.82, 2.24) is 14.5 Å². The summed E-state index contributed by atoms with van der Waals surface area (Å²) < 4.78 is 7.57. The van der Waals surface area contributed by atoms with Crippen LogP contribution in [0.4, 0.5) is 5.69 Å². The Morgan fingerprint density at radius 2 is 2.00 bits per heavy atom. The molecule has 1 fully saturated rings. The summed E-state index contributed by atoms with van der Waals surface area (Å²) in [7, 11) is 0. The number of fused-ring (bicyclic) bond motifs is 1. The van der Waals surface area contributed by atoms with Gasteiger partial charge in [0.25, 0.3) is 0 Å². The van der Waals surface area contributed by atoms with Crippen LogP contribution in [-0.2, 0) is 27.3 Å². The number of aromatic nitrogens is 2. The zero-order chi connectivity index (χ0) is 18.8. The normalized spacial score (nSPS) is 19.4. The van der Waals surface area contributed by atoms with Gasteiger partial charge in [-0.1, -0.05) is 12.1 Å². The van der Waals surface area contributed by atoms with E-state index in [4.69, 9.17) is 4.74 Å². The Morgan fingerprint density at radius 1 is 1.19 bits per heavy atom. The minimum absolute atomic E-state index is 0.0104. The number of carbonyl (C=O) groups is 2. The third-order valence-corrected chi connectivity index (χ3v) is 5.23. The minimum atomic E-state index is -0.0848. The van der Waals surface area contributed by atoms with E-state index in [1.807, 2.05) is 35.4 Å². The molecule has 27 heavy (non-hydrogen) atoms. The summed E-state index contributed by atoms with van der Waals surface area (Å²) in [6.45, 7) is 4.85. The molecule has 0 bridgehead atoms. The molecule has 0 aliphatic carbocycles. The van der Waals surface area contributed by atoms with Crippen molar-refractivity contribution in [2.45, 2.75) is 26.3 Å². The van der Waals surface area contributed by atoms with Crippen LogP contribution in [0.25, 0.3) is 11.3 Å². The molecular weight excluding hydrogens is 344 g/mol. The molecule has 142 valence electrons. The number of rotatable bonds is 3. The van der Waals surface area contributed by atoms with Crippen LogP contribution < -0.4 is 5.32 Å². The van der Waals surface area contributed by atoms with E-state index in [0.717, 1.165) is 42.2 Å². The minimum Gasteiger partial charge on any atom is -0.381 e. The number of anilines is 1. The highest BCUT2D eigenvalue weighted by atomic mass is 16.5. The van der Waals surface area contributed by atoms with E-state index < -0.39 is 0 Å². The van der Waals surface area contributed by atoms with Crippen LogP contribution >= 0.6 is 0 Å². The molecule has 1 atom stereocenters. The molecule has 7 heteroatoms. The van der Waals surface area contributed by atoms with Crippen molar-refractivity contribution in [2.75, 3.05) is 31.6 Å². The van der Waals surface area contributed by atoms with Crippen LogP contribution in [-0.4, -0.2) is 52.6 Å². The second kappa shape index (κ2) is 7.52. The van der Waals surface area contributed by atoms with E-state index >= 15 is 0 Å². The van der Waals surface area contributed by atoms with Gasteiger partial charge in [-0.05, 0) is 24.1 Å². The van der Waals surface area contributed by atoms with Crippen LogP contribution in [0.2, 0.25) is 0 Å². The van der Waals surface area contributed by atoms with Gasteiger partial charge in [-0.25, -0.2) is 4.98 Å². The molecule has 4 rings (SSSR count).